The molecule has 2 aromatic heterocycles. The van der Waals surface area contributed by atoms with Crippen molar-refractivity contribution in [2.75, 3.05) is 5.32 Å². The molecule has 0 aliphatic heterocycles. The van der Waals surface area contributed by atoms with E-state index < -0.39 is 12.3 Å². The number of aromatic nitrogens is 3. The largest absolute Gasteiger partial charge is 0.446 e. The van der Waals surface area contributed by atoms with Gasteiger partial charge in [0.1, 0.15) is 23.9 Å². The van der Waals surface area contributed by atoms with Crippen LogP contribution in [-0.2, 0) is 11.2 Å². The van der Waals surface area contributed by atoms with Gasteiger partial charge in [0.15, 0.2) is 0 Å². The molecule has 0 aromatic carbocycles. The molecule has 9 nitrogen and oxygen atoms in total. The zero-order valence-electron chi connectivity index (χ0n) is 13.4. The highest BCUT2D eigenvalue weighted by Crippen LogP contribution is 2.35. The molecule has 3 rings (SSSR count). The smallest absolute Gasteiger partial charge is 0.404 e. The van der Waals surface area contributed by atoms with E-state index in [1.54, 1.807) is 6.07 Å². The highest BCUT2D eigenvalue weighted by molar-refractivity contribution is 5.64. The van der Waals surface area contributed by atoms with Crippen molar-refractivity contribution in [2.24, 2.45) is 5.73 Å². The number of nitrogens with one attached hydrogen (secondary N) is 2. The Kier molecular flexibility index (Phi) is 4.70. The van der Waals surface area contributed by atoms with Crippen LogP contribution in [0.2, 0.25) is 0 Å². The van der Waals surface area contributed by atoms with Gasteiger partial charge >= 0.3 is 6.09 Å². The van der Waals surface area contributed by atoms with Gasteiger partial charge in [-0.05, 0) is 26.2 Å². The number of aliphatic hydroxyl groups excluding tert-OH is 1. The van der Waals surface area contributed by atoms with Crippen molar-refractivity contribution < 1.29 is 19.2 Å². The van der Waals surface area contributed by atoms with Gasteiger partial charge in [-0.2, -0.15) is 5.10 Å². The molecule has 1 amide bonds. The van der Waals surface area contributed by atoms with Crippen LogP contribution in [0.1, 0.15) is 42.3 Å². The van der Waals surface area contributed by atoms with Crippen LogP contribution in [0.3, 0.4) is 0 Å². The molecule has 0 spiro atoms. The van der Waals surface area contributed by atoms with Crippen LogP contribution in [-0.4, -0.2) is 38.9 Å². The Balaban J connectivity index is 1.53. The number of nitrogens with zero attached hydrogens (tertiary/aromatic N) is 2. The van der Waals surface area contributed by atoms with Crippen LogP contribution >= 0.6 is 0 Å². The van der Waals surface area contributed by atoms with E-state index in [0.717, 1.165) is 24.2 Å². The maximum Gasteiger partial charge on any atom is 0.404 e. The normalized spacial score (nSPS) is 21.6. The number of amides is 1. The van der Waals surface area contributed by atoms with Gasteiger partial charge in [-0.1, -0.05) is 5.16 Å². The maximum absolute atomic E-state index is 10.8. The first-order valence-corrected chi connectivity index (χ1v) is 7.88. The average Bonchev–Trinajstić information content (AvgIpc) is 3.20. The van der Waals surface area contributed by atoms with E-state index in [9.17, 15) is 9.90 Å². The van der Waals surface area contributed by atoms with E-state index in [2.05, 4.69) is 20.7 Å². The predicted molar refractivity (Wildman–Crippen MR) is 84.2 cm³/mol. The van der Waals surface area contributed by atoms with Crippen molar-refractivity contribution >= 4 is 11.9 Å². The molecule has 1 unspecified atom stereocenters. The number of aryl methyl sites for hydroxylation is 1. The first-order valence-electron chi connectivity index (χ1n) is 7.88. The lowest BCUT2D eigenvalue weighted by Gasteiger charge is -2.10. The van der Waals surface area contributed by atoms with Crippen molar-refractivity contribution in [3.05, 3.63) is 29.3 Å². The third-order valence-corrected chi connectivity index (χ3v) is 4.09. The van der Waals surface area contributed by atoms with Crippen molar-refractivity contribution in [1.82, 2.24) is 15.4 Å². The van der Waals surface area contributed by atoms with E-state index in [-0.39, 0.29) is 12.0 Å². The molecule has 3 atom stereocenters. The van der Waals surface area contributed by atoms with Crippen molar-refractivity contribution in [1.29, 1.82) is 0 Å². The van der Waals surface area contributed by atoms with E-state index >= 15 is 0 Å². The van der Waals surface area contributed by atoms with Gasteiger partial charge in [-0.3, -0.25) is 5.10 Å². The lowest BCUT2D eigenvalue weighted by atomic mass is 10.0. The second-order valence-corrected chi connectivity index (χ2v) is 6.08. The minimum Gasteiger partial charge on any atom is -0.446 e. The van der Waals surface area contributed by atoms with Crippen LogP contribution in [0.15, 0.2) is 16.7 Å². The average molecular weight is 335 g/mol. The van der Waals surface area contributed by atoms with Crippen LogP contribution < -0.4 is 11.1 Å². The van der Waals surface area contributed by atoms with E-state index in [0.29, 0.717) is 24.4 Å². The first kappa shape index (κ1) is 16.3. The summed E-state index contributed by atoms with van der Waals surface area (Å²) in [5.74, 6) is 1.38. The summed E-state index contributed by atoms with van der Waals surface area (Å²) in [5, 5.41) is 23.9. The second-order valence-electron chi connectivity index (χ2n) is 6.08. The molecule has 1 saturated carbocycles. The van der Waals surface area contributed by atoms with Gasteiger partial charge in [0.05, 0.1) is 12.1 Å². The Morgan fingerprint density at radius 3 is 3.12 bits per heavy atom. The maximum atomic E-state index is 10.8. The van der Waals surface area contributed by atoms with Crippen LogP contribution in [0.25, 0.3) is 0 Å². The number of primary amides is 1. The number of carbonyl (C=O) groups excluding carboxylic acids is 1. The Hall–Kier alpha value is -2.55. The molecular weight excluding hydrogens is 314 g/mol. The number of hydrogen-bond donors (Lipinski definition) is 4. The lowest BCUT2D eigenvalue weighted by Crippen LogP contribution is -2.21. The topological polar surface area (TPSA) is 139 Å². The number of carbonyl (C=O) groups is 1. The summed E-state index contributed by atoms with van der Waals surface area (Å²) in [6.45, 7) is 1.82. The number of anilines is 1. The molecule has 0 radical (unpaired) electrons. The zero-order chi connectivity index (χ0) is 17.1. The standard InChI is InChI=1S/C15H21N5O4/c1-8-4-11(24-20-8)6-14(21)17-13-7-12(18-19-13)9-2-3-10(5-9)23-15(16)22/h4,7,9-10,14,21H,2-3,5-6H2,1H3,(H2,16,22)(H2,17,18,19)/t9-,10+,14?/m0/s1. The number of rotatable bonds is 6. The summed E-state index contributed by atoms with van der Waals surface area (Å²) in [7, 11) is 0. The SMILES string of the molecule is Cc1cc(CC(O)Nc2cc([C@H]3CC[C@@H](OC(N)=O)C3)[nH]n2)on1. The third-order valence-electron chi connectivity index (χ3n) is 4.09. The molecule has 1 aliphatic carbocycles. The fraction of sp³-hybridized carbons (Fsp3) is 0.533. The monoisotopic (exact) mass is 335 g/mol. The van der Waals surface area contributed by atoms with Crippen molar-refractivity contribution in [3.63, 3.8) is 0 Å². The number of nitrogens with two attached hydrogens (primary N) is 1. The molecule has 0 bridgehead atoms. The van der Waals surface area contributed by atoms with Crippen molar-refractivity contribution in [2.45, 2.75) is 50.9 Å². The summed E-state index contributed by atoms with van der Waals surface area (Å²) in [4.78, 5) is 10.8. The van der Waals surface area contributed by atoms with Crippen molar-refractivity contribution in [3.8, 4) is 0 Å². The van der Waals surface area contributed by atoms with E-state index in [1.807, 2.05) is 13.0 Å². The molecule has 24 heavy (non-hydrogen) atoms. The van der Waals surface area contributed by atoms with Crippen LogP contribution in [0.5, 0.6) is 0 Å². The number of aromatic amines is 1. The Morgan fingerprint density at radius 1 is 1.58 bits per heavy atom. The van der Waals surface area contributed by atoms with Gasteiger partial charge in [0.25, 0.3) is 0 Å². The van der Waals surface area contributed by atoms with E-state index in [4.69, 9.17) is 15.0 Å². The van der Waals surface area contributed by atoms with Gasteiger partial charge in [-0.25, -0.2) is 4.79 Å². The number of ether oxygens (including phenoxy) is 1. The minimum absolute atomic E-state index is 0.146. The lowest BCUT2D eigenvalue weighted by molar-refractivity contribution is 0.109. The number of H-pyrrole nitrogens is 1. The van der Waals surface area contributed by atoms with Crippen LogP contribution in [0.4, 0.5) is 10.6 Å². The second kappa shape index (κ2) is 6.91. The zero-order valence-corrected chi connectivity index (χ0v) is 13.4. The molecular formula is C15H21N5O4. The molecule has 1 fully saturated rings. The Bertz CT molecular complexity index is 698. The first-order chi connectivity index (χ1) is 11.5. The fourth-order valence-electron chi connectivity index (χ4n) is 3.04. The highest BCUT2D eigenvalue weighted by Gasteiger charge is 2.29. The highest BCUT2D eigenvalue weighted by atomic mass is 16.6. The summed E-state index contributed by atoms with van der Waals surface area (Å²) in [6, 6.07) is 3.63. The Morgan fingerprint density at radius 2 is 2.42 bits per heavy atom. The third kappa shape index (κ3) is 4.05. The molecule has 130 valence electrons. The van der Waals surface area contributed by atoms with E-state index in [1.165, 1.54) is 0 Å². The Labute approximate surface area is 138 Å². The van der Waals surface area contributed by atoms with Crippen LogP contribution in [0, 0.1) is 6.92 Å². The molecule has 9 heteroatoms. The predicted octanol–water partition coefficient (Wildman–Crippen LogP) is 1.41. The molecule has 2 heterocycles. The molecule has 0 saturated heterocycles. The summed E-state index contributed by atoms with van der Waals surface area (Å²) >= 11 is 0. The fourth-order valence-corrected chi connectivity index (χ4v) is 3.04. The van der Waals surface area contributed by atoms with Gasteiger partial charge in [0.2, 0.25) is 0 Å². The van der Waals surface area contributed by atoms with Gasteiger partial charge < -0.3 is 25.4 Å². The van der Waals surface area contributed by atoms with Gasteiger partial charge in [0, 0.05) is 23.7 Å². The number of hydrogen-bond acceptors (Lipinski definition) is 7. The summed E-state index contributed by atoms with van der Waals surface area (Å²) in [5.41, 5.74) is 6.76. The summed E-state index contributed by atoms with van der Waals surface area (Å²) in [6.07, 6.45) is 0.960. The summed E-state index contributed by atoms with van der Waals surface area (Å²) < 4.78 is 10.1. The van der Waals surface area contributed by atoms with Gasteiger partial charge in [-0.15, -0.1) is 0 Å². The number of aliphatic hydroxyl groups is 1. The molecule has 5 N–H and O–H groups in total. The molecule has 1 aliphatic rings. The molecule has 2 aromatic rings. The minimum atomic E-state index is -0.831. The quantitative estimate of drug-likeness (QED) is 0.585.